The predicted octanol–water partition coefficient (Wildman–Crippen LogP) is 3.67. The van der Waals surface area contributed by atoms with Gasteiger partial charge in [0, 0.05) is 44.0 Å². The van der Waals surface area contributed by atoms with E-state index in [1.807, 2.05) is 25.1 Å². The average Bonchev–Trinajstić information content (AvgIpc) is 3.13. The molecule has 1 aromatic carbocycles. The Morgan fingerprint density at radius 1 is 1.14 bits per heavy atom. The van der Waals surface area contributed by atoms with E-state index >= 15 is 0 Å². The summed E-state index contributed by atoms with van der Waals surface area (Å²) in [5.41, 5.74) is 2.23. The van der Waals surface area contributed by atoms with Gasteiger partial charge in [0.05, 0.1) is 21.4 Å². The van der Waals surface area contributed by atoms with Gasteiger partial charge in [-0.3, -0.25) is 9.69 Å². The Bertz CT molecular complexity index is 810. The number of piperazine rings is 1. The lowest BCUT2D eigenvalue weighted by atomic mass is 9.95. The van der Waals surface area contributed by atoms with Gasteiger partial charge in [0.1, 0.15) is 0 Å². The molecule has 0 unspecified atom stereocenters. The van der Waals surface area contributed by atoms with Crippen molar-refractivity contribution >= 4 is 34.5 Å². The van der Waals surface area contributed by atoms with E-state index in [2.05, 4.69) is 31.1 Å². The van der Waals surface area contributed by atoms with Crippen LogP contribution < -0.4 is 4.90 Å². The third kappa shape index (κ3) is 4.50. The molecule has 0 bridgehead atoms. The van der Waals surface area contributed by atoms with Gasteiger partial charge in [-0.15, -0.1) is 11.3 Å². The minimum Gasteiger partial charge on any atom is -0.367 e. The number of halogens is 1. The number of carbonyl (C=O) groups excluding carboxylic acids is 1. The zero-order valence-corrected chi connectivity index (χ0v) is 17.9. The molecular formula is C21H27ClN4OS. The van der Waals surface area contributed by atoms with Crippen LogP contribution in [0.3, 0.4) is 0 Å². The van der Waals surface area contributed by atoms with Crippen molar-refractivity contribution in [3.05, 3.63) is 45.4 Å². The van der Waals surface area contributed by atoms with Crippen LogP contribution in [0.15, 0.2) is 29.6 Å². The van der Waals surface area contributed by atoms with Crippen molar-refractivity contribution in [1.82, 2.24) is 14.8 Å². The third-order valence-electron chi connectivity index (χ3n) is 5.77. The summed E-state index contributed by atoms with van der Waals surface area (Å²) in [5.74, 6) is 0.503. The van der Waals surface area contributed by atoms with Crippen LogP contribution in [0.25, 0.3) is 0 Å². The number of likely N-dealkylation sites (tertiary alicyclic amines) is 1. The van der Waals surface area contributed by atoms with E-state index in [0.717, 1.165) is 80.1 Å². The summed E-state index contributed by atoms with van der Waals surface area (Å²) in [6.45, 7) is 8.16. The first kappa shape index (κ1) is 19.7. The van der Waals surface area contributed by atoms with Crippen molar-refractivity contribution < 1.29 is 4.79 Å². The highest BCUT2D eigenvalue weighted by Gasteiger charge is 2.30. The number of rotatable bonds is 4. The molecule has 5 nitrogen and oxygen atoms in total. The first-order chi connectivity index (χ1) is 13.6. The second-order valence-electron chi connectivity index (χ2n) is 7.67. The van der Waals surface area contributed by atoms with Crippen LogP contribution >= 0.6 is 22.9 Å². The van der Waals surface area contributed by atoms with Gasteiger partial charge < -0.3 is 9.80 Å². The third-order valence-corrected chi connectivity index (χ3v) is 6.92. The molecular weight excluding hydrogens is 392 g/mol. The van der Waals surface area contributed by atoms with Crippen LogP contribution in [0.1, 0.15) is 23.5 Å². The molecule has 3 heterocycles. The smallest absolute Gasteiger partial charge is 0.225 e. The van der Waals surface area contributed by atoms with E-state index in [9.17, 15) is 4.79 Å². The minimum absolute atomic E-state index is 0.167. The number of para-hydroxylation sites is 1. The molecule has 150 valence electrons. The van der Waals surface area contributed by atoms with Gasteiger partial charge in [0.25, 0.3) is 0 Å². The van der Waals surface area contributed by atoms with Crippen LogP contribution in [-0.2, 0) is 11.3 Å². The zero-order chi connectivity index (χ0) is 19.5. The average molecular weight is 419 g/mol. The van der Waals surface area contributed by atoms with Gasteiger partial charge in [-0.05, 0) is 45.0 Å². The first-order valence-electron chi connectivity index (χ1n) is 10.0. The normalized spacial score (nSPS) is 19.2. The van der Waals surface area contributed by atoms with Crippen LogP contribution in [0, 0.1) is 12.8 Å². The highest BCUT2D eigenvalue weighted by molar-refractivity contribution is 7.09. The predicted molar refractivity (Wildman–Crippen MR) is 115 cm³/mol. The van der Waals surface area contributed by atoms with Crippen LogP contribution in [0.5, 0.6) is 0 Å². The lowest BCUT2D eigenvalue weighted by Gasteiger charge is -2.39. The fourth-order valence-electron chi connectivity index (χ4n) is 4.18. The molecule has 2 fully saturated rings. The summed E-state index contributed by atoms with van der Waals surface area (Å²) >= 11 is 8.03. The van der Waals surface area contributed by atoms with Crippen molar-refractivity contribution in [1.29, 1.82) is 0 Å². The summed E-state index contributed by atoms with van der Waals surface area (Å²) < 4.78 is 0. The maximum atomic E-state index is 13.0. The van der Waals surface area contributed by atoms with Crippen molar-refractivity contribution in [2.45, 2.75) is 26.3 Å². The zero-order valence-electron chi connectivity index (χ0n) is 16.3. The van der Waals surface area contributed by atoms with Crippen molar-refractivity contribution in [2.24, 2.45) is 5.92 Å². The summed E-state index contributed by atoms with van der Waals surface area (Å²) in [4.78, 5) is 24.3. The van der Waals surface area contributed by atoms with E-state index in [1.54, 1.807) is 11.3 Å². The molecule has 0 spiro atoms. The number of benzene rings is 1. The molecule has 0 radical (unpaired) electrons. The molecule has 4 rings (SSSR count). The quantitative estimate of drug-likeness (QED) is 0.759. The lowest BCUT2D eigenvalue weighted by Crippen LogP contribution is -2.51. The number of carbonyl (C=O) groups is 1. The lowest BCUT2D eigenvalue weighted by molar-refractivity contribution is -0.137. The number of hydrogen-bond acceptors (Lipinski definition) is 5. The largest absolute Gasteiger partial charge is 0.367 e. The number of piperidine rings is 1. The Morgan fingerprint density at radius 2 is 1.86 bits per heavy atom. The van der Waals surface area contributed by atoms with Crippen molar-refractivity contribution in [2.75, 3.05) is 44.2 Å². The molecule has 2 aliphatic heterocycles. The Hall–Kier alpha value is -1.63. The molecule has 28 heavy (non-hydrogen) atoms. The number of aryl methyl sites for hydroxylation is 1. The summed E-state index contributed by atoms with van der Waals surface area (Å²) in [5, 5.41) is 4.05. The van der Waals surface area contributed by atoms with Crippen LogP contribution in [-0.4, -0.2) is 60.0 Å². The number of amides is 1. The Balaban J connectivity index is 1.25. The van der Waals surface area contributed by atoms with E-state index in [1.165, 1.54) is 0 Å². The molecule has 2 aliphatic rings. The van der Waals surface area contributed by atoms with Crippen molar-refractivity contribution in [3.63, 3.8) is 0 Å². The number of thiazole rings is 1. The van der Waals surface area contributed by atoms with Gasteiger partial charge in [-0.25, -0.2) is 4.98 Å². The fourth-order valence-corrected chi connectivity index (χ4v) is 5.04. The molecule has 1 aromatic heterocycles. The molecule has 0 saturated carbocycles. The minimum atomic E-state index is 0.167. The molecule has 0 N–H and O–H groups in total. The molecule has 1 amide bonds. The van der Waals surface area contributed by atoms with Crippen molar-refractivity contribution in [3.8, 4) is 0 Å². The Kier molecular flexibility index (Phi) is 6.19. The number of nitrogens with zero attached hydrogens (tertiary/aromatic N) is 4. The summed E-state index contributed by atoms with van der Waals surface area (Å²) in [7, 11) is 0. The number of hydrogen-bond donors (Lipinski definition) is 0. The van der Waals surface area contributed by atoms with Gasteiger partial charge in [-0.2, -0.15) is 0 Å². The van der Waals surface area contributed by atoms with E-state index in [4.69, 9.17) is 11.6 Å². The maximum absolute atomic E-state index is 13.0. The number of anilines is 1. The van der Waals surface area contributed by atoms with Gasteiger partial charge >= 0.3 is 0 Å². The second kappa shape index (κ2) is 8.80. The van der Waals surface area contributed by atoms with E-state index in [-0.39, 0.29) is 5.92 Å². The topological polar surface area (TPSA) is 39.7 Å². The SMILES string of the molecule is Cc1nc(CN2CCC(C(=O)N3CCN(c4ccccc4Cl)CC3)CC2)cs1. The Morgan fingerprint density at radius 3 is 2.50 bits per heavy atom. The first-order valence-corrected chi connectivity index (χ1v) is 11.3. The summed E-state index contributed by atoms with van der Waals surface area (Å²) in [6, 6.07) is 7.95. The number of aromatic nitrogens is 1. The van der Waals surface area contributed by atoms with Crippen LogP contribution in [0.4, 0.5) is 5.69 Å². The molecule has 2 aromatic rings. The highest BCUT2D eigenvalue weighted by Crippen LogP contribution is 2.27. The van der Waals surface area contributed by atoms with E-state index < -0.39 is 0 Å². The standard InChI is InChI=1S/C21H27ClN4OS/c1-16-23-18(15-28-16)14-24-8-6-17(7-9-24)21(27)26-12-10-25(11-13-26)20-5-3-2-4-19(20)22/h2-5,15,17H,6-14H2,1H3. The second-order valence-corrected chi connectivity index (χ2v) is 9.14. The highest BCUT2D eigenvalue weighted by atomic mass is 35.5. The molecule has 7 heteroatoms. The fraction of sp³-hybridized carbons (Fsp3) is 0.524. The van der Waals surface area contributed by atoms with Crippen LogP contribution in [0.2, 0.25) is 5.02 Å². The molecule has 0 atom stereocenters. The van der Waals surface area contributed by atoms with E-state index in [0.29, 0.717) is 5.91 Å². The monoisotopic (exact) mass is 418 g/mol. The van der Waals surface area contributed by atoms with Gasteiger partial charge in [-0.1, -0.05) is 23.7 Å². The molecule has 0 aliphatic carbocycles. The Labute approximate surface area is 175 Å². The van der Waals surface area contributed by atoms with Gasteiger partial charge in [0.15, 0.2) is 0 Å². The molecule has 2 saturated heterocycles. The van der Waals surface area contributed by atoms with Gasteiger partial charge in [0.2, 0.25) is 5.91 Å². The summed E-state index contributed by atoms with van der Waals surface area (Å²) in [6.07, 6.45) is 1.90. The maximum Gasteiger partial charge on any atom is 0.225 e.